The van der Waals surface area contributed by atoms with Crippen molar-refractivity contribution in [3.8, 4) is 0 Å². The van der Waals surface area contributed by atoms with E-state index in [1.54, 1.807) is 18.3 Å². The number of hydrogen-bond donors (Lipinski definition) is 1. The lowest BCUT2D eigenvalue weighted by Gasteiger charge is -2.28. The zero-order valence-electron chi connectivity index (χ0n) is 14.4. The van der Waals surface area contributed by atoms with Crippen LogP contribution in [0.1, 0.15) is 11.5 Å². The van der Waals surface area contributed by atoms with Crippen LogP contribution in [0, 0.1) is 5.82 Å². The smallest absolute Gasteiger partial charge is 0.228 e. The molecule has 5 rings (SSSR count). The SMILES string of the molecule is [O-][S+]1CCc2nc(N3CCn4ccnc4C3)nc(Nc3cccc(F)c3)c21. The molecule has 0 saturated heterocycles. The second-order valence-electron chi connectivity index (χ2n) is 6.54. The minimum absolute atomic E-state index is 0.338. The Morgan fingerprint density at radius 3 is 3.04 bits per heavy atom. The van der Waals surface area contributed by atoms with E-state index in [1.165, 1.54) is 12.1 Å². The van der Waals surface area contributed by atoms with Gasteiger partial charge in [-0.1, -0.05) is 6.07 Å². The molecule has 0 fully saturated rings. The number of nitrogens with zero attached hydrogens (tertiary/aromatic N) is 5. The van der Waals surface area contributed by atoms with Crippen LogP contribution in [-0.4, -0.2) is 36.4 Å². The van der Waals surface area contributed by atoms with Crippen molar-refractivity contribution < 1.29 is 8.94 Å². The number of rotatable bonds is 3. The third-order valence-corrected chi connectivity index (χ3v) is 6.25. The van der Waals surface area contributed by atoms with Crippen molar-refractivity contribution in [2.75, 3.05) is 22.5 Å². The van der Waals surface area contributed by atoms with Crippen molar-refractivity contribution in [3.63, 3.8) is 0 Å². The molecular formula is C18H17FN6OS. The minimum Gasteiger partial charge on any atom is -0.611 e. The molecule has 1 atom stereocenters. The second-order valence-corrected chi connectivity index (χ2v) is 8.05. The highest BCUT2D eigenvalue weighted by Crippen LogP contribution is 2.34. The van der Waals surface area contributed by atoms with Gasteiger partial charge in [-0.15, -0.1) is 0 Å². The fourth-order valence-electron chi connectivity index (χ4n) is 3.46. The van der Waals surface area contributed by atoms with Crippen LogP contribution in [0.25, 0.3) is 0 Å². The lowest BCUT2D eigenvalue weighted by Crippen LogP contribution is -2.35. The summed E-state index contributed by atoms with van der Waals surface area (Å²) in [4.78, 5) is 16.4. The van der Waals surface area contributed by atoms with Gasteiger partial charge in [0.2, 0.25) is 10.8 Å². The highest BCUT2D eigenvalue weighted by Gasteiger charge is 2.33. The molecule has 0 radical (unpaired) electrons. The fourth-order valence-corrected chi connectivity index (χ4v) is 4.76. The molecule has 138 valence electrons. The van der Waals surface area contributed by atoms with Gasteiger partial charge in [0.25, 0.3) is 0 Å². The molecule has 1 N–H and O–H groups in total. The predicted octanol–water partition coefficient (Wildman–Crippen LogP) is 2.24. The number of anilines is 3. The maximum atomic E-state index is 13.6. The van der Waals surface area contributed by atoms with Gasteiger partial charge in [0.15, 0.2) is 5.82 Å². The lowest BCUT2D eigenvalue weighted by atomic mass is 10.3. The fraction of sp³-hybridized carbons (Fsp3) is 0.278. The number of imidazole rings is 1. The standard InChI is InChI=1S/C18H17FN6OS/c19-12-2-1-3-13(10-12)21-17-16-14(4-9-27(16)26)22-18(23-17)25-8-7-24-6-5-20-15(24)11-25/h1-3,5-6,10H,4,7-9,11H2,(H,21,22,23). The molecule has 1 unspecified atom stereocenters. The van der Waals surface area contributed by atoms with E-state index >= 15 is 0 Å². The lowest BCUT2D eigenvalue weighted by molar-refractivity contribution is 0.550. The summed E-state index contributed by atoms with van der Waals surface area (Å²) in [6.45, 7) is 2.20. The van der Waals surface area contributed by atoms with Crippen LogP contribution >= 0.6 is 0 Å². The van der Waals surface area contributed by atoms with Crippen LogP contribution in [-0.2, 0) is 30.7 Å². The molecule has 1 aromatic carbocycles. The molecule has 2 aliphatic heterocycles. The molecule has 3 aromatic rings. The van der Waals surface area contributed by atoms with E-state index in [1.807, 2.05) is 6.20 Å². The van der Waals surface area contributed by atoms with Crippen molar-refractivity contribution in [2.45, 2.75) is 24.4 Å². The van der Waals surface area contributed by atoms with Gasteiger partial charge in [0, 0.05) is 37.6 Å². The van der Waals surface area contributed by atoms with Crippen molar-refractivity contribution in [2.24, 2.45) is 0 Å². The zero-order chi connectivity index (χ0) is 18.4. The Morgan fingerprint density at radius 1 is 1.22 bits per heavy atom. The average Bonchev–Trinajstić information content (AvgIpc) is 3.28. The summed E-state index contributed by atoms with van der Waals surface area (Å²) < 4.78 is 28.1. The predicted molar refractivity (Wildman–Crippen MR) is 100.0 cm³/mol. The van der Waals surface area contributed by atoms with E-state index in [0.29, 0.717) is 41.1 Å². The molecule has 2 aliphatic rings. The first-order chi connectivity index (χ1) is 13.2. The number of halogens is 1. The van der Waals surface area contributed by atoms with Crippen molar-refractivity contribution in [3.05, 3.63) is 54.0 Å². The van der Waals surface area contributed by atoms with Gasteiger partial charge in [-0.3, -0.25) is 0 Å². The normalized spacial score (nSPS) is 18.3. The molecule has 7 nitrogen and oxygen atoms in total. The Morgan fingerprint density at radius 2 is 2.15 bits per heavy atom. The average molecular weight is 384 g/mol. The second kappa shape index (κ2) is 6.50. The van der Waals surface area contributed by atoms with E-state index in [-0.39, 0.29) is 5.82 Å². The first-order valence-electron chi connectivity index (χ1n) is 8.74. The van der Waals surface area contributed by atoms with Crippen LogP contribution in [0.3, 0.4) is 0 Å². The quantitative estimate of drug-likeness (QED) is 0.698. The summed E-state index contributed by atoms with van der Waals surface area (Å²) in [6.07, 6.45) is 4.41. The molecule has 4 heterocycles. The molecule has 0 amide bonds. The van der Waals surface area contributed by atoms with Crippen molar-refractivity contribution in [1.82, 2.24) is 19.5 Å². The minimum atomic E-state index is -1.15. The number of fused-ring (bicyclic) bond motifs is 2. The summed E-state index contributed by atoms with van der Waals surface area (Å²) in [5, 5.41) is 3.14. The summed E-state index contributed by atoms with van der Waals surface area (Å²) in [5.74, 6) is 2.24. The van der Waals surface area contributed by atoms with Gasteiger partial charge < -0.3 is 19.3 Å². The van der Waals surface area contributed by atoms with Crippen LogP contribution in [0.2, 0.25) is 0 Å². The number of hydrogen-bond acceptors (Lipinski definition) is 6. The number of aryl methyl sites for hydroxylation is 1. The van der Waals surface area contributed by atoms with Gasteiger partial charge in [0.05, 0.1) is 6.54 Å². The van der Waals surface area contributed by atoms with E-state index in [0.717, 1.165) is 24.6 Å². The largest absolute Gasteiger partial charge is 0.611 e. The van der Waals surface area contributed by atoms with Crippen molar-refractivity contribution >= 4 is 28.6 Å². The molecule has 0 saturated carbocycles. The summed E-state index contributed by atoms with van der Waals surface area (Å²) in [6, 6.07) is 6.16. The van der Waals surface area contributed by atoms with E-state index < -0.39 is 11.2 Å². The van der Waals surface area contributed by atoms with Gasteiger partial charge in [-0.05, 0) is 29.4 Å². The summed E-state index contributed by atoms with van der Waals surface area (Å²) >= 11 is -1.15. The third-order valence-electron chi connectivity index (χ3n) is 4.79. The van der Waals surface area contributed by atoms with Gasteiger partial charge in [-0.25, -0.2) is 14.4 Å². The molecular weight excluding hydrogens is 367 g/mol. The Labute approximate surface area is 158 Å². The van der Waals surface area contributed by atoms with Crippen molar-refractivity contribution in [1.29, 1.82) is 0 Å². The topological polar surface area (TPSA) is 81.9 Å². The first kappa shape index (κ1) is 16.5. The molecule has 0 spiro atoms. The van der Waals surface area contributed by atoms with Gasteiger partial charge in [0.1, 0.15) is 23.1 Å². The summed E-state index contributed by atoms with van der Waals surface area (Å²) in [7, 11) is 0. The first-order valence-corrected chi connectivity index (χ1v) is 10.1. The maximum absolute atomic E-state index is 13.6. The molecule has 0 bridgehead atoms. The summed E-state index contributed by atoms with van der Waals surface area (Å²) in [5.41, 5.74) is 1.37. The van der Waals surface area contributed by atoms with Crippen LogP contribution < -0.4 is 10.2 Å². The van der Waals surface area contributed by atoms with Crippen LogP contribution in [0.5, 0.6) is 0 Å². The number of nitrogens with one attached hydrogen (secondary N) is 1. The number of benzene rings is 1. The molecule has 2 aromatic heterocycles. The highest BCUT2D eigenvalue weighted by atomic mass is 32.2. The number of aromatic nitrogens is 4. The van der Waals surface area contributed by atoms with Crippen LogP contribution in [0.4, 0.5) is 21.8 Å². The Bertz CT molecular complexity index is 1010. The third kappa shape index (κ3) is 3.02. The Kier molecular flexibility index (Phi) is 3.98. The monoisotopic (exact) mass is 384 g/mol. The van der Waals surface area contributed by atoms with Crippen LogP contribution in [0.15, 0.2) is 41.6 Å². The van der Waals surface area contributed by atoms with E-state index in [9.17, 15) is 8.94 Å². The maximum Gasteiger partial charge on any atom is 0.228 e. The molecule has 0 aliphatic carbocycles. The van der Waals surface area contributed by atoms with E-state index in [2.05, 4.69) is 29.7 Å². The molecule has 9 heteroatoms. The van der Waals surface area contributed by atoms with E-state index in [4.69, 9.17) is 0 Å². The van der Waals surface area contributed by atoms with Gasteiger partial charge >= 0.3 is 0 Å². The van der Waals surface area contributed by atoms with Gasteiger partial charge in [-0.2, -0.15) is 4.98 Å². The Balaban J connectivity index is 1.52. The Hall–Kier alpha value is -2.65. The highest BCUT2D eigenvalue weighted by molar-refractivity contribution is 7.91. The zero-order valence-corrected chi connectivity index (χ0v) is 15.2. The molecule has 27 heavy (non-hydrogen) atoms.